The lowest BCUT2D eigenvalue weighted by molar-refractivity contribution is -0.137. The highest BCUT2D eigenvalue weighted by Gasteiger charge is 2.12. The molecule has 1 heterocycles. The molecule has 1 aromatic carbocycles. The van der Waals surface area contributed by atoms with E-state index in [1.165, 1.54) is 5.56 Å². The predicted molar refractivity (Wildman–Crippen MR) is 80.8 cm³/mol. The monoisotopic (exact) mass is 336 g/mol. The van der Waals surface area contributed by atoms with Gasteiger partial charge in [-0.1, -0.05) is 28.1 Å². The summed E-state index contributed by atoms with van der Waals surface area (Å²) in [6.07, 6.45) is 1.33. The molecule has 0 radical (unpaired) electrons. The topological polar surface area (TPSA) is 55.1 Å². The van der Waals surface area contributed by atoms with Gasteiger partial charge < -0.3 is 9.67 Å². The Morgan fingerprint density at radius 2 is 2.20 bits per heavy atom. The minimum atomic E-state index is -0.792. The minimum Gasteiger partial charge on any atom is -0.481 e. The standard InChI is InChI=1S/C15H17BrN2O2/c1-10-13(9-11-4-3-5-12(16)8-11)17-14(18(10)2)6-7-15(19)20/h3-5,8H,6-7,9H2,1-2H3,(H,19,20). The first-order valence-electron chi connectivity index (χ1n) is 6.44. The third-order valence-electron chi connectivity index (χ3n) is 3.40. The summed E-state index contributed by atoms with van der Waals surface area (Å²) in [5, 5.41) is 8.77. The molecule has 5 heteroatoms. The first-order chi connectivity index (χ1) is 9.47. The van der Waals surface area contributed by atoms with Crippen LogP contribution in [-0.2, 0) is 24.7 Å². The Hall–Kier alpha value is -1.62. The molecular formula is C15H17BrN2O2. The Morgan fingerprint density at radius 1 is 1.45 bits per heavy atom. The quantitative estimate of drug-likeness (QED) is 0.912. The van der Waals surface area contributed by atoms with E-state index in [4.69, 9.17) is 5.11 Å². The molecular weight excluding hydrogens is 320 g/mol. The van der Waals surface area contributed by atoms with Gasteiger partial charge in [-0.2, -0.15) is 0 Å². The fraction of sp³-hybridized carbons (Fsp3) is 0.333. The molecule has 2 aromatic rings. The van der Waals surface area contributed by atoms with Gasteiger partial charge in [0.05, 0.1) is 12.1 Å². The number of benzene rings is 1. The first kappa shape index (κ1) is 14.8. The molecule has 2 rings (SSSR count). The molecule has 0 aliphatic heterocycles. The normalized spacial score (nSPS) is 10.8. The van der Waals surface area contributed by atoms with Crippen LogP contribution < -0.4 is 0 Å². The maximum atomic E-state index is 10.7. The molecule has 0 unspecified atom stereocenters. The SMILES string of the molecule is Cc1c(Cc2cccc(Br)c2)nc(CCC(=O)O)n1C. The summed E-state index contributed by atoms with van der Waals surface area (Å²) in [5.74, 6) is 0.0362. The number of hydrogen-bond donors (Lipinski definition) is 1. The van der Waals surface area contributed by atoms with E-state index in [0.717, 1.165) is 28.1 Å². The van der Waals surface area contributed by atoms with E-state index >= 15 is 0 Å². The minimum absolute atomic E-state index is 0.112. The number of halogens is 1. The van der Waals surface area contributed by atoms with Crippen LogP contribution >= 0.6 is 15.9 Å². The van der Waals surface area contributed by atoms with Crippen LogP contribution in [0.4, 0.5) is 0 Å². The Balaban J connectivity index is 2.20. The summed E-state index contributed by atoms with van der Waals surface area (Å²) in [6, 6.07) is 8.14. The Labute approximate surface area is 126 Å². The number of aromatic nitrogens is 2. The Kier molecular flexibility index (Phi) is 4.60. The second-order valence-electron chi connectivity index (χ2n) is 4.82. The molecule has 1 aromatic heterocycles. The molecule has 0 aliphatic carbocycles. The van der Waals surface area contributed by atoms with Gasteiger partial charge in [-0.3, -0.25) is 4.79 Å². The van der Waals surface area contributed by atoms with Gasteiger partial charge >= 0.3 is 5.97 Å². The fourth-order valence-corrected chi connectivity index (χ4v) is 2.60. The number of nitrogens with zero attached hydrogens (tertiary/aromatic N) is 2. The van der Waals surface area contributed by atoms with E-state index in [1.54, 1.807) is 0 Å². The maximum Gasteiger partial charge on any atom is 0.303 e. The molecule has 0 amide bonds. The van der Waals surface area contributed by atoms with Gasteiger partial charge in [-0.05, 0) is 24.6 Å². The molecule has 0 saturated carbocycles. The van der Waals surface area contributed by atoms with Crippen LogP contribution in [0.2, 0.25) is 0 Å². The number of carboxylic acids is 1. The van der Waals surface area contributed by atoms with Crippen molar-refractivity contribution in [2.24, 2.45) is 7.05 Å². The number of rotatable bonds is 5. The molecule has 106 valence electrons. The lowest BCUT2D eigenvalue weighted by atomic mass is 10.1. The summed E-state index contributed by atoms with van der Waals surface area (Å²) < 4.78 is 3.03. The van der Waals surface area contributed by atoms with Gasteiger partial charge in [-0.25, -0.2) is 4.98 Å². The lowest BCUT2D eigenvalue weighted by Crippen LogP contribution is -2.03. The average Bonchev–Trinajstić information content (AvgIpc) is 2.65. The van der Waals surface area contributed by atoms with E-state index in [0.29, 0.717) is 6.42 Å². The highest BCUT2D eigenvalue weighted by atomic mass is 79.9. The average molecular weight is 337 g/mol. The first-order valence-corrected chi connectivity index (χ1v) is 7.24. The van der Waals surface area contributed by atoms with Crippen LogP contribution in [-0.4, -0.2) is 20.6 Å². The fourth-order valence-electron chi connectivity index (χ4n) is 2.15. The van der Waals surface area contributed by atoms with Gasteiger partial charge in [0.25, 0.3) is 0 Å². The van der Waals surface area contributed by atoms with Crippen LogP contribution in [0.15, 0.2) is 28.7 Å². The van der Waals surface area contributed by atoms with Gasteiger partial charge in [0.1, 0.15) is 5.82 Å². The second kappa shape index (κ2) is 6.22. The van der Waals surface area contributed by atoms with Crippen molar-refractivity contribution in [3.8, 4) is 0 Å². The summed E-state index contributed by atoms with van der Waals surface area (Å²) in [4.78, 5) is 15.3. The van der Waals surface area contributed by atoms with Gasteiger partial charge in [0, 0.05) is 30.1 Å². The Bertz CT molecular complexity index is 635. The molecule has 0 saturated heterocycles. The van der Waals surface area contributed by atoms with Crippen LogP contribution in [0, 0.1) is 6.92 Å². The summed E-state index contributed by atoms with van der Waals surface area (Å²) in [5.41, 5.74) is 3.28. The molecule has 0 fully saturated rings. The number of aryl methyl sites for hydroxylation is 1. The number of carbonyl (C=O) groups is 1. The molecule has 1 N–H and O–H groups in total. The smallest absolute Gasteiger partial charge is 0.303 e. The second-order valence-corrected chi connectivity index (χ2v) is 5.74. The van der Waals surface area contributed by atoms with Crippen molar-refractivity contribution in [2.45, 2.75) is 26.2 Å². The van der Waals surface area contributed by atoms with Crippen molar-refractivity contribution in [3.05, 3.63) is 51.5 Å². The van der Waals surface area contributed by atoms with Crippen molar-refractivity contribution in [1.29, 1.82) is 0 Å². The van der Waals surface area contributed by atoms with Crippen LogP contribution in [0.1, 0.15) is 29.2 Å². The number of hydrogen-bond acceptors (Lipinski definition) is 2. The van der Waals surface area contributed by atoms with Gasteiger partial charge in [-0.15, -0.1) is 0 Å². The maximum absolute atomic E-state index is 10.7. The zero-order chi connectivity index (χ0) is 14.7. The van der Waals surface area contributed by atoms with E-state index in [-0.39, 0.29) is 6.42 Å². The van der Waals surface area contributed by atoms with Gasteiger partial charge in [0.15, 0.2) is 0 Å². The highest BCUT2D eigenvalue weighted by molar-refractivity contribution is 9.10. The van der Waals surface area contributed by atoms with Crippen LogP contribution in [0.5, 0.6) is 0 Å². The third-order valence-corrected chi connectivity index (χ3v) is 3.89. The molecule has 0 atom stereocenters. The summed E-state index contributed by atoms with van der Waals surface area (Å²) in [6.45, 7) is 2.02. The van der Waals surface area contributed by atoms with E-state index in [2.05, 4.69) is 33.0 Å². The largest absolute Gasteiger partial charge is 0.481 e. The number of aliphatic carboxylic acids is 1. The van der Waals surface area contributed by atoms with Crippen LogP contribution in [0.3, 0.4) is 0 Å². The van der Waals surface area contributed by atoms with E-state index < -0.39 is 5.97 Å². The summed E-state index contributed by atoms with van der Waals surface area (Å²) in [7, 11) is 1.93. The van der Waals surface area contributed by atoms with Crippen molar-refractivity contribution in [3.63, 3.8) is 0 Å². The summed E-state index contributed by atoms with van der Waals surface area (Å²) >= 11 is 3.46. The molecule has 4 nitrogen and oxygen atoms in total. The molecule has 20 heavy (non-hydrogen) atoms. The lowest BCUT2D eigenvalue weighted by Gasteiger charge is -2.02. The predicted octanol–water partition coefficient (Wildman–Crippen LogP) is 3.10. The van der Waals surface area contributed by atoms with Crippen molar-refractivity contribution >= 4 is 21.9 Å². The molecule has 0 spiro atoms. The Morgan fingerprint density at radius 3 is 2.85 bits per heavy atom. The zero-order valence-electron chi connectivity index (χ0n) is 11.6. The highest BCUT2D eigenvalue weighted by Crippen LogP contribution is 2.18. The molecule has 0 bridgehead atoms. The number of imidazole rings is 1. The third kappa shape index (κ3) is 3.48. The van der Waals surface area contributed by atoms with Crippen LogP contribution in [0.25, 0.3) is 0 Å². The van der Waals surface area contributed by atoms with Crippen molar-refractivity contribution in [2.75, 3.05) is 0 Å². The van der Waals surface area contributed by atoms with Gasteiger partial charge in [0.2, 0.25) is 0 Å². The van der Waals surface area contributed by atoms with Crippen molar-refractivity contribution < 1.29 is 9.90 Å². The zero-order valence-corrected chi connectivity index (χ0v) is 13.1. The van der Waals surface area contributed by atoms with E-state index in [9.17, 15) is 4.79 Å². The van der Waals surface area contributed by atoms with Crippen molar-refractivity contribution in [1.82, 2.24) is 9.55 Å². The molecule has 0 aliphatic rings. The number of carboxylic acid groups (broad SMARTS) is 1. The van der Waals surface area contributed by atoms with E-state index in [1.807, 2.05) is 30.7 Å².